The van der Waals surface area contributed by atoms with E-state index in [1.54, 1.807) is 12.2 Å². The summed E-state index contributed by atoms with van der Waals surface area (Å²) in [7, 11) is 0. The number of alkyl halides is 1. The minimum atomic E-state index is -0.100. The van der Waals surface area contributed by atoms with E-state index in [2.05, 4.69) is 13.2 Å². The lowest BCUT2D eigenvalue weighted by Gasteiger charge is -2.07. The Bertz CT molecular complexity index is 757. The molecule has 0 fully saturated rings. The van der Waals surface area contributed by atoms with Crippen LogP contribution in [-0.2, 0) is 0 Å². The zero-order chi connectivity index (χ0) is 14.7. The fourth-order valence-corrected chi connectivity index (χ4v) is 2.55. The smallest absolute Gasteiger partial charge is 0.180 e. The fourth-order valence-electron chi connectivity index (χ4n) is 2.42. The van der Waals surface area contributed by atoms with E-state index in [0.29, 0.717) is 5.56 Å². The predicted molar refractivity (Wildman–Crippen MR) is 85.0 cm³/mol. The van der Waals surface area contributed by atoms with Crippen molar-refractivity contribution in [1.29, 1.82) is 0 Å². The number of carbonyl (C=O) groups excluding carboxylic acids is 1. The molecule has 0 bridgehead atoms. The Balaban J connectivity index is 2.86. The highest BCUT2D eigenvalue weighted by molar-refractivity contribution is 6.30. The molecule has 0 amide bonds. The molecule has 1 aromatic carbocycles. The maximum atomic E-state index is 12.1. The molecule has 1 aromatic heterocycles. The third-order valence-corrected chi connectivity index (χ3v) is 3.49. The van der Waals surface area contributed by atoms with Crippen molar-refractivity contribution in [3.05, 3.63) is 64.8 Å². The van der Waals surface area contributed by atoms with Crippen LogP contribution in [0.3, 0.4) is 0 Å². The molecule has 0 N–H and O–H groups in total. The molecule has 0 aliphatic carbocycles. The van der Waals surface area contributed by atoms with Crippen LogP contribution in [0.25, 0.3) is 18.3 Å². The van der Waals surface area contributed by atoms with Gasteiger partial charge >= 0.3 is 0 Å². The maximum absolute atomic E-state index is 12.1. The van der Waals surface area contributed by atoms with E-state index in [9.17, 15) is 4.79 Å². The van der Waals surface area contributed by atoms with Crippen LogP contribution in [0.4, 0.5) is 0 Å². The van der Waals surface area contributed by atoms with Crippen LogP contribution in [-0.4, -0.2) is 16.2 Å². The average Bonchev–Trinajstić information content (AvgIpc) is 2.71. The van der Waals surface area contributed by atoms with Crippen molar-refractivity contribution >= 4 is 30.0 Å². The molecule has 0 saturated heterocycles. The van der Waals surface area contributed by atoms with E-state index in [1.807, 2.05) is 41.8 Å². The van der Waals surface area contributed by atoms with Crippen molar-refractivity contribution in [3.8, 4) is 5.69 Å². The standard InChI is InChI=1S/C17H16ClNO/c1-4-8-15-12(2)19(14-9-6-5-7-10-14)13(3)17(15)16(20)11-18/h4-10H,1-2,11H2,3H3/b15-8+. The van der Waals surface area contributed by atoms with Gasteiger partial charge in [0.05, 0.1) is 5.88 Å². The molecule has 0 atom stereocenters. The number of carbonyl (C=O) groups is 1. The number of hydrogen-bond donors (Lipinski definition) is 0. The molecule has 2 aromatic rings. The Morgan fingerprint density at radius 2 is 2.00 bits per heavy atom. The second-order valence-corrected chi connectivity index (χ2v) is 4.72. The highest BCUT2D eigenvalue weighted by atomic mass is 35.5. The second kappa shape index (κ2) is 5.93. The third-order valence-electron chi connectivity index (χ3n) is 3.25. The Hall–Kier alpha value is -2.06. The van der Waals surface area contributed by atoms with Gasteiger partial charge in [-0.1, -0.05) is 43.5 Å². The SMILES string of the molecule is C=C/C=c1/c(C(=O)CCl)c(C)n(-c2ccccc2)c1=C. The number of rotatable bonds is 4. The molecular formula is C17H16ClNO. The third kappa shape index (κ3) is 2.35. The molecule has 0 saturated carbocycles. The highest BCUT2D eigenvalue weighted by Gasteiger charge is 2.16. The summed E-state index contributed by atoms with van der Waals surface area (Å²) in [6.45, 7) is 9.71. The number of para-hydroxylation sites is 1. The Morgan fingerprint density at radius 3 is 2.55 bits per heavy atom. The topological polar surface area (TPSA) is 22.0 Å². The Kier molecular flexibility index (Phi) is 4.26. The van der Waals surface area contributed by atoms with Gasteiger partial charge in [0, 0.05) is 27.5 Å². The van der Waals surface area contributed by atoms with Crippen LogP contribution in [0.5, 0.6) is 0 Å². The predicted octanol–water partition coefficient (Wildman–Crippen LogP) is 2.58. The lowest BCUT2D eigenvalue weighted by molar-refractivity contribution is 0.101. The summed E-state index contributed by atoms with van der Waals surface area (Å²) < 4.78 is 1.97. The molecule has 20 heavy (non-hydrogen) atoms. The lowest BCUT2D eigenvalue weighted by Crippen LogP contribution is -2.29. The average molecular weight is 286 g/mol. The van der Waals surface area contributed by atoms with Crippen molar-refractivity contribution < 1.29 is 4.79 Å². The molecule has 2 rings (SSSR count). The summed E-state index contributed by atoms with van der Waals surface area (Å²) in [5, 5.41) is 1.55. The number of Topliss-reactive ketones (excluding diaryl/α,β-unsaturated/α-hetero) is 1. The zero-order valence-electron chi connectivity index (χ0n) is 11.4. The van der Waals surface area contributed by atoms with Crippen LogP contribution in [0.15, 0.2) is 43.0 Å². The van der Waals surface area contributed by atoms with Gasteiger partial charge in [-0.2, -0.15) is 0 Å². The summed E-state index contributed by atoms with van der Waals surface area (Å²) in [4.78, 5) is 12.1. The minimum absolute atomic E-state index is 0.0446. The fraction of sp³-hybridized carbons (Fsp3) is 0.118. The first kappa shape index (κ1) is 14.4. The molecule has 0 spiro atoms. The molecule has 0 unspecified atom stereocenters. The van der Waals surface area contributed by atoms with Crippen LogP contribution >= 0.6 is 11.6 Å². The van der Waals surface area contributed by atoms with Crippen LogP contribution < -0.4 is 10.6 Å². The van der Waals surface area contributed by atoms with Crippen LogP contribution in [0.1, 0.15) is 16.1 Å². The molecular weight excluding hydrogens is 270 g/mol. The first-order valence-electron chi connectivity index (χ1n) is 6.29. The molecule has 0 aliphatic heterocycles. The van der Waals surface area contributed by atoms with Crippen molar-refractivity contribution in [1.82, 2.24) is 4.57 Å². The number of nitrogens with zero attached hydrogens (tertiary/aromatic N) is 1. The van der Waals surface area contributed by atoms with E-state index in [1.165, 1.54) is 0 Å². The van der Waals surface area contributed by atoms with Gasteiger partial charge < -0.3 is 4.57 Å². The van der Waals surface area contributed by atoms with Gasteiger partial charge in [-0.25, -0.2) is 0 Å². The summed E-state index contributed by atoms with van der Waals surface area (Å²) in [6.07, 6.45) is 3.46. The lowest BCUT2D eigenvalue weighted by atomic mass is 10.1. The van der Waals surface area contributed by atoms with E-state index in [4.69, 9.17) is 11.6 Å². The van der Waals surface area contributed by atoms with Gasteiger partial charge in [0.2, 0.25) is 0 Å². The molecule has 2 nitrogen and oxygen atoms in total. The Morgan fingerprint density at radius 1 is 1.35 bits per heavy atom. The Labute approximate surface area is 123 Å². The summed E-state index contributed by atoms with van der Waals surface area (Å²) in [5.41, 5.74) is 2.44. The minimum Gasteiger partial charge on any atom is -0.314 e. The van der Waals surface area contributed by atoms with E-state index >= 15 is 0 Å². The maximum Gasteiger partial charge on any atom is 0.180 e. The highest BCUT2D eigenvalue weighted by Crippen LogP contribution is 2.11. The molecule has 1 heterocycles. The zero-order valence-corrected chi connectivity index (χ0v) is 12.2. The normalized spacial score (nSPS) is 11.6. The van der Waals surface area contributed by atoms with Crippen LogP contribution in [0.2, 0.25) is 0 Å². The van der Waals surface area contributed by atoms with Crippen molar-refractivity contribution in [2.24, 2.45) is 0 Å². The van der Waals surface area contributed by atoms with Crippen molar-refractivity contribution in [3.63, 3.8) is 0 Å². The van der Waals surface area contributed by atoms with Gasteiger partial charge in [0.15, 0.2) is 5.78 Å². The van der Waals surface area contributed by atoms with Gasteiger partial charge in [-0.05, 0) is 19.1 Å². The molecule has 3 heteroatoms. The number of aromatic nitrogens is 1. The van der Waals surface area contributed by atoms with Gasteiger partial charge in [0.25, 0.3) is 0 Å². The number of hydrogen-bond acceptors (Lipinski definition) is 1. The summed E-state index contributed by atoms with van der Waals surface area (Å²) >= 11 is 5.72. The number of allylic oxidation sites excluding steroid dienone is 1. The number of ketones is 1. The van der Waals surface area contributed by atoms with Crippen LogP contribution in [0, 0.1) is 6.92 Å². The first-order valence-corrected chi connectivity index (χ1v) is 6.82. The summed E-state index contributed by atoms with van der Waals surface area (Å²) in [6, 6.07) is 9.82. The quantitative estimate of drug-likeness (QED) is 0.625. The van der Waals surface area contributed by atoms with Gasteiger partial charge in [-0.15, -0.1) is 11.6 Å². The van der Waals surface area contributed by atoms with Gasteiger partial charge in [0.1, 0.15) is 0 Å². The second-order valence-electron chi connectivity index (χ2n) is 4.45. The van der Waals surface area contributed by atoms with Gasteiger partial charge in [-0.3, -0.25) is 4.79 Å². The van der Waals surface area contributed by atoms with Crippen molar-refractivity contribution in [2.45, 2.75) is 6.92 Å². The largest absolute Gasteiger partial charge is 0.314 e. The van der Waals surface area contributed by atoms with E-state index < -0.39 is 0 Å². The van der Waals surface area contributed by atoms with Crippen molar-refractivity contribution in [2.75, 3.05) is 5.88 Å². The molecule has 102 valence electrons. The number of benzene rings is 1. The van der Waals surface area contributed by atoms with E-state index in [-0.39, 0.29) is 11.7 Å². The molecule has 0 aliphatic rings. The summed E-state index contributed by atoms with van der Waals surface area (Å²) in [5.74, 6) is -0.145. The first-order chi connectivity index (χ1) is 9.61. The molecule has 0 radical (unpaired) electrons. The monoisotopic (exact) mass is 285 g/mol. The number of halogens is 1. The van der Waals surface area contributed by atoms with E-state index in [0.717, 1.165) is 21.9 Å².